The van der Waals surface area contributed by atoms with Crippen LogP contribution >= 0.6 is 0 Å². The van der Waals surface area contributed by atoms with E-state index in [4.69, 9.17) is 4.74 Å². The van der Waals surface area contributed by atoms with Crippen molar-refractivity contribution < 1.29 is 14.7 Å². The lowest BCUT2D eigenvalue weighted by Gasteiger charge is -2.13. The Morgan fingerprint density at radius 3 is 2.50 bits per heavy atom. The van der Waals surface area contributed by atoms with Crippen LogP contribution in [0.3, 0.4) is 0 Å². The number of carbonyl (C=O) groups excluding carboxylic acids is 1. The minimum atomic E-state index is -0.417. The van der Waals surface area contributed by atoms with Gasteiger partial charge in [0.1, 0.15) is 5.75 Å². The fourth-order valence-corrected chi connectivity index (χ4v) is 1.20. The van der Waals surface area contributed by atoms with Crippen LogP contribution in [-0.2, 0) is 4.79 Å². The van der Waals surface area contributed by atoms with Crippen molar-refractivity contribution in [2.75, 3.05) is 11.7 Å². The first-order valence-corrected chi connectivity index (χ1v) is 5.37. The number of amides is 1. The Hall–Kier alpha value is -1.55. The predicted octanol–water partition coefficient (Wildman–Crippen LogP) is 2.61. The van der Waals surface area contributed by atoms with Gasteiger partial charge in [-0.15, -0.1) is 0 Å². The third-order valence-electron chi connectivity index (χ3n) is 2.15. The van der Waals surface area contributed by atoms with Crippen LogP contribution < -0.4 is 9.80 Å². The van der Waals surface area contributed by atoms with Crippen molar-refractivity contribution in [2.45, 2.75) is 26.7 Å². The van der Waals surface area contributed by atoms with Gasteiger partial charge in [0, 0.05) is 6.92 Å². The molecule has 1 aromatic rings. The number of unbranched alkanes of at least 4 members (excludes halogenated alkanes) is 1. The molecule has 0 aromatic heterocycles. The number of hydrogen-bond acceptors (Lipinski definition) is 3. The third-order valence-corrected chi connectivity index (χ3v) is 2.15. The summed E-state index contributed by atoms with van der Waals surface area (Å²) in [7, 11) is 0. The Balaban J connectivity index is 2.57. The Morgan fingerprint density at radius 2 is 2.00 bits per heavy atom. The first kappa shape index (κ1) is 12.5. The molecule has 0 unspecified atom stereocenters. The number of ether oxygens (including phenoxy) is 1. The van der Waals surface area contributed by atoms with Crippen LogP contribution in [0.1, 0.15) is 26.7 Å². The molecule has 1 aromatic carbocycles. The Labute approximate surface area is 95.4 Å². The van der Waals surface area contributed by atoms with Gasteiger partial charge in [-0.1, -0.05) is 13.3 Å². The molecular formula is C12H17NO3. The van der Waals surface area contributed by atoms with E-state index >= 15 is 0 Å². The summed E-state index contributed by atoms with van der Waals surface area (Å²) in [6.45, 7) is 4.08. The Kier molecular flexibility index (Phi) is 4.79. The summed E-state index contributed by atoms with van der Waals surface area (Å²) in [5.74, 6) is 0.328. The smallest absolute Gasteiger partial charge is 0.247 e. The number of hydroxylamine groups is 1. The third kappa shape index (κ3) is 3.55. The zero-order chi connectivity index (χ0) is 12.0. The molecule has 4 heteroatoms. The highest BCUT2D eigenvalue weighted by molar-refractivity contribution is 5.88. The lowest BCUT2D eigenvalue weighted by Crippen LogP contribution is -2.23. The zero-order valence-electron chi connectivity index (χ0n) is 9.64. The fraction of sp³-hybridized carbons (Fsp3) is 0.417. The number of anilines is 1. The number of rotatable bonds is 5. The van der Waals surface area contributed by atoms with Crippen LogP contribution in [0.5, 0.6) is 5.75 Å². The highest BCUT2D eigenvalue weighted by Gasteiger charge is 2.07. The average Bonchev–Trinajstić information content (AvgIpc) is 2.29. The molecule has 16 heavy (non-hydrogen) atoms. The maximum Gasteiger partial charge on any atom is 0.247 e. The summed E-state index contributed by atoms with van der Waals surface area (Å²) >= 11 is 0. The van der Waals surface area contributed by atoms with Gasteiger partial charge in [-0.2, -0.15) is 5.06 Å². The summed E-state index contributed by atoms with van der Waals surface area (Å²) in [5, 5.41) is 9.95. The van der Waals surface area contributed by atoms with Gasteiger partial charge in [0.25, 0.3) is 0 Å². The molecule has 1 amide bonds. The second-order valence-corrected chi connectivity index (χ2v) is 3.53. The second-order valence-electron chi connectivity index (χ2n) is 3.53. The molecule has 0 saturated heterocycles. The van der Waals surface area contributed by atoms with E-state index in [-0.39, 0.29) is 0 Å². The van der Waals surface area contributed by atoms with E-state index < -0.39 is 5.91 Å². The topological polar surface area (TPSA) is 49.8 Å². The van der Waals surface area contributed by atoms with Crippen molar-refractivity contribution in [3.05, 3.63) is 24.3 Å². The van der Waals surface area contributed by atoms with Crippen molar-refractivity contribution in [2.24, 2.45) is 0 Å². The van der Waals surface area contributed by atoms with Crippen LogP contribution in [0.15, 0.2) is 24.3 Å². The molecule has 4 nitrogen and oxygen atoms in total. The van der Waals surface area contributed by atoms with Crippen molar-refractivity contribution in [1.29, 1.82) is 0 Å². The molecule has 0 heterocycles. The second kappa shape index (κ2) is 6.12. The van der Waals surface area contributed by atoms with E-state index in [9.17, 15) is 10.0 Å². The summed E-state index contributed by atoms with van der Waals surface area (Å²) in [4.78, 5) is 10.9. The fourth-order valence-electron chi connectivity index (χ4n) is 1.20. The molecule has 1 rings (SSSR count). The van der Waals surface area contributed by atoms with E-state index in [1.54, 1.807) is 24.3 Å². The maximum absolute atomic E-state index is 10.9. The minimum absolute atomic E-state index is 0.417. The molecule has 0 aliphatic rings. The summed E-state index contributed by atoms with van der Waals surface area (Å²) in [6.07, 6.45) is 2.11. The molecule has 0 atom stereocenters. The molecule has 0 saturated carbocycles. The maximum atomic E-state index is 10.9. The molecule has 0 radical (unpaired) electrons. The number of carbonyl (C=O) groups is 1. The van der Waals surface area contributed by atoms with Gasteiger partial charge in [-0.25, -0.2) is 0 Å². The van der Waals surface area contributed by atoms with E-state index in [1.807, 2.05) is 0 Å². The zero-order valence-corrected chi connectivity index (χ0v) is 9.64. The minimum Gasteiger partial charge on any atom is -0.494 e. The Bertz CT molecular complexity index is 335. The molecule has 0 aliphatic heterocycles. The lowest BCUT2D eigenvalue weighted by molar-refractivity contribution is -0.121. The van der Waals surface area contributed by atoms with Gasteiger partial charge in [0.05, 0.1) is 12.3 Å². The van der Waals surface area contributed by atoms with Gasteiger partial charge in [-0.3, -0.25) is 10.0 Å². The molecule has 0 bridgehead atoms. The monoisotopic (exact) mass is 223 g/mol. The number of benzene rings is 1. The summed E-state index contributed by atoms with van der Waals surface area (Å²) < 4.78 is 5.46. The first-order chi connectivity index (χ1) is 7.65. The van der Waals surface area contributed by atoms with Crippen LogP contribution in [-0.4, -0.2) is 17.7 Å². The Morgan fingerprint density at radius 1 is 1.38 bits per heavy atom. The number of nitrogens with zero attached hydrogens (tertiary/aromatic N) is 1. The highest BCUT2D eigenvalue weighted by Crippen LogP contribution is 2.18. The first-order valence-electron chi connectivity index (χ1n) is 5.37. The van der Waals surface area contributed by atoms with Crippen LogP contribution in [0.25, 0.3) is 0 Å². The molecular weight excluding hydrogens is 206 g/mol. The van der Waals surface area contributed by atoms with E-state index in [1.165, 1.54) is 6.92 Å². The van der Waals surface area contributed by atoms with E-state index in [0.29, 0.717) is 17.4 Å². The van der Waals surface area contributed by atoms with Crippen molar-refractivity contribution >= 4 is 11.6 Å². The SMILES string of the molecule is CCCCOc1ccc(N(O)C(C)=O)cc1. The van der Waals surface area contributed by atoms with Crippen molar-refractivity contribution in [3.63, 3.8) is 0 Å². The summed E-state index contributed by atoms with van der Waals surface area (Å²) in [5.41, 5.74) is 0.440. The van der Waals surface area contributed by atoms with E-state index in [0.717, 1.165) is 18.6 Å². The predicted molar refractivity (Wildman–Crippen MR) is 61.8 cm³/mol. The molecule has 88 valence electrons. The lowest BCUT2D eigenvalue weighted by atomic mass is 10.3. The van der Waals surface area contributed by atoms with Crippen LogP contribution in [0.2, 0.25) is 0 Å². The molecule has 1 N–H and O–H groups in total. The summed E-state index contributed by atoms with van der Waals surface area (Å²) in [6, 6.07) is 6.75. The van der Waals surface area contributed by atoms with Gasteiger partial charge >= 0.3 is 0 Å². The van der Waals surface area contributed by atoms with E-state index in [2.05, 4.69) is 6.92 Å². The van der Waals surface area contributed by atoms with Crippen molar-refractivity contribution in [3.8, 4) is 5.75 Å². The van der Waals surface area contributed by atoms with Gasteiger partial charge < -0.3 is 4.74 Å². The van der Waals surface area contributed by atoms with Gasteiger partial charge in [0.2, 0.25) is 5.91 Å². The number of hydrogen-bond donors (Lipinski definition) is 1. The standard InChI is InChI=1S/C12H17NO3/c1-3-4-9-16-12-7-5-11(6-8-12)13(15)10(2)14/h5-8,15H,3-4,9H2,1-2H3. The molecule has 0 spiro atoms. The quantitative estimate of drug-likeness (QED) is 0.474. The highest BCUT2D eigenvalue weighted by atomic mass is 16.5. The van der Waals surface area contributed by atoms with Crippen LogP contribution in [0.4, 0.5) is 5.69 Å². The normalized spacial score (nSPS) is 9.94. The average molecular weight is 223 g/mol. The van der Waals surface area contributed by atoms with Gasteiger partial charge in [0.15, 0.2) is 0 Å². The van der Waals surface area contributed by atoms with Gasteiger partial charge in [-0.05, 0) is 30.7 Å². The van der Waals surface area contributed by atoms with Crippen LogP contribution in [0, 0.1) is 0 Å². The van der Waals surface area contributed by atoms with Crippen molar-refractivity contribution in [1.82, 2.24) is 0 Å². The molecule has 0 aliphatic carbocycles. The molecule has 0 fully saturated rings. The largest absolute Gasteiger partial charge is 0.494 e.